The van der Waals surface area contributed by atoms with E-state index in [1.54, 1.807) is 17.7 Å². The molecule has 0 radical (unpaired) electrons. The van der Waals surface area contributed by atoms with Gasteiger partial charge in [0.25, 0.3) is 0 Å². The highest BCUT2D eigenvalue weighted by Gasteiger charge is 2.25. The summed E-state index contributed by atoms with van der Waals surface area (Å²) in [6, 6.07) is 2.14. The fourth-order valence-electron chi connectivity index (χ4n) is 3.01. The maximum atomic E-state index is 9.49. The van der Waals surface area contributed by atoms with Gasteiger partial charge in [0.1, 0.15) is 18.0 Å². The van der Waals surface area contributed by atoms with Crippen molar-refractivity contribution >= 4 is 23.0 Å². The van der Waals surface area contributed by atoms with E-state index in [1.807, 2.05) is 6.07 Å². The quantitative estimate of drug-likeness (QED) is 0.824. The van der Waals surface area contributed by atoms with Crippen LogP contribution in [0.15, 0.2) is 17.8 Å². The van der Waals surface area contributed by atoms with Crippen LogP contribution in [0.3, 0.4) is 0 Å². The van der Waals surface area contributed by atoms with E-state index < -0.39 is 0 Å². The molecule has 1 fully saturated rings. The summed E-state index contributed by atoms with van der Waals surface area (Å²) >= 11 is 1.73. The Morgan fingerprint density at radius 2 is 2.20 bits per heavy atom. The molecule has 6 nitrogen and oxygen atoms in total. The van der Waals surface area contributed by atoms with Gasteiger partial charge in [-0.3, -0.25) is 0 Å². The third-order valence-corrected chi connectivity index (χ3v) is 5.73. The predicted molar refractivity (Wildman–Crippen MR) is 102 cm³/mol. The zero-order valence-electron chi connectivity index (χ0n) is 15.2. The molecule has 0 aromatic carbocycles. The number of nitrogens with one attached hydrogen (secondary N) is 1. The first-order chi connectivity index (χ1) is 12.0. The summed E-state index contributed by atoms with van der Waals surface area (Å²) in [5.74, 6) is 1.71. The van der Waals surface area contributed by atoms with E-state index in [2.05, 4.69) is 46.3 Å². The number of rotatable bonds is 6. The lowest BCUT2D eigenvalue weighted by Crippen LogP contribution is -2.32. The lowest BCUT2D eigenvalue weighted by atomic mass is 9.98. The Morgan fingerprint density at radius 3 is 2.92 bits per heavy atom. The Kier molecular flexibility index (Phi) is 5.54. The summed E-state index contributed by atoms with van der Waals surface area (Å²) in [6.45, 7) is 8.47. The van der Waals surface area contributed by atoms with Crippen LogP contribution in [0.4, 0.5) is 11.6 Å². The first-order valence-electron chi connectivity index (χ1n) is 8.85. The molecular formula is C18H27N5OS. The minimum Gasteiger partial charge on any atom is -0.394 e. The van der Waals surface area contributed by atoms with E-state index in [-0.39, 0.29) is 18.1 Å². The third-order valence-electron chi connectivity index (χ3n) is 4.42. The molecular weight excluding hydrogens is 334 g/mol. The second-order valence-electron chi connectivity index (χ2n) is 7.50. The smallest absolute Gasteiger partial charge is 0.134 e. The Morgan fingerprint density at radius 1 is 1.36 bits per heavy atom. The van der Waals surface area contributed by atoms with Crippen LogP contribution in [-0.2, 0) is 11.8 Å². The van der Waals surface area contributed by atoms with Crippen molar-refractivity contribution in [2.24, 2.45) is 0 Å². The summed E-state index contributed by atoms with van der Waals surface area (Å²) in [7, 11) is 0. The van der Waals surface area contributed by atoms with Crippen LogP contribution in [0.25, 0.3) is 0 Å². The van der Waals surface area contributed by atoms with Crippen molar-refractivity contribution < 1.29 is 5.11 Å². The van der Waals surface area contributed by atoms with Gasteiger partial charge in [-0.2, -0.15) is 0 Å². The Labute approximate surface area is 153 Å². The number of aromatic nitrogens is 3. The zero-order chi connectivity index (χ0) is 17.9. The fraction of sp³-hybridized carbons (Fsp3) is 0.611. The fourth-order valence-corrected chi connectivity index (χ4v) is 3.95. The average Bonchev–Trinajstić information content (AvgIpc) is 3.24. The van der Waals surface area contributed by atoms with E-state index in [0.717, 1.165) is 49.7 Å². The average molecular weight is 362 g/mol. The molecule has 1 atom stereocenters. The van der Waals surface area contributed by atoms with Crippen LogP contribution < -0.4 is 10.2 Å². The lowest BCUT2D eigenvalue weighted by Gasteiger charge is -2.24. The molecule has 2 aromatic heterocycles. The van der Waals surface area contributed by atoms with Crippen molar-refractivity contribution in [2.75, 3.05) is 29.9 Å². The molecule has 25 heavy (non-hydrogen) atoms. The van der Waals surface area contributed by atoms with Gasteiger partial charge in [-0.15, -0.1) is 11.3 Å². The number of thiazole rings is 1. The molecule has 2 N–H and O–H groups in total. The SMILES string of the molecule is CC(C)(C)c1nc(CCNc2cc(N3CCCC3CO)ncn2)cs1. The molecule has 0 aliphatic carbocycles. The zero-order valence-corrected chi connectivity index (χ0v) is 16.0. The minimum absolute atomic E-state index is 0.108. The molecule has 7 heteroatoms. The Bertz CT molecular complexity index is 697. The van der Waals surface area contributed by atoms with Crippen molar-refractivity contribution in [2.45, 2.75) is 51.5 Å². The van der Waals surface area contributed by atoms with Gasteiger partial charge in [0.05, 0.1) is 23.4 Å². The molecule has 0 saturated carbocycles. The molecule has 1 aliphatic rings. The van der Waals surface area contributed by atoms with Gasteiger partial charge in [0, 0.05) is 36.4 Å². The molecule has 136 valence electrons. The summed E-state index contributed by atoms with van der Waals surface area (Å²) in [4.78, 5) is 15.6. The highest BCUT2D eigenvalue weighted by Crippen LogP contribution is 2.26. The third kappa shape index (κ3) is 4.46. The van der Waals surface area contributed by atoms with Crippen molar-refractivity contribution in [3.63, 3.8) is 0 Å². The largest absolute Gasteiger partial charge is 0.394 e. The second-order valence-corrected chi connectivity index (χ2v) is 8.36. The van der Waals surface area contributed by atoms with Crippen LogP contribution in [0.1, 0.15) is 44.3 Å². The predicted octanol–water partition coefficient (Wildman–Crippen LogP) is 2.85. The molecule has 1 saturated heterocycles. The number of nitrogens with zero attached hydrogens (tertiary/aromatic N) is 4. The normalized spacial score (nSPS) is 17.9. The first kappa shape index (κ1) is 18.1. The van der Waals surface area contributed by atoms with Gasteiger partial charge in [-0.05, 0) is 12.8 Å². The number of anilines is 2. The maximum absolute atomic E-state index is 9.49. The first-order valence-corrected chi connectivity index (χ1v) is 9.73. The van der Waals surface area contributed by atoms with Crippen LogP contribution >= 0.6 is 11.3 Å². The highest BCUT2D eigenvalue weighted by molar-refractivity contribution is 7.09. The molecule has 2 aromatic rings. The van der Waals surface area contributed by atoms with Gasteiger partial charge in [0.15, 0.2) is 0 Å². The standard InChI is InChI=1S/C18H27N5OS/c1-18(2,3)17-22-13(11-25-17)6-7-19-15-9-16(21-12-20-15)23-8-4-5-14(23)10-24/h9,11-12,14,24H,4-8,10H2,1-3H3,(H,19,20,21). The summed E-state index contributed by atoms with van der Waals surface area (Å²) in [6.07, 6.45) is 4.57. The number of hydrogen-bond donors (Lipinski definition) is 2. The molecule has 0 bridgehead atoms. The molecule has 3 heterocycles. The van der Waals surface area contributed by atoms with Crippen LogP contribution in [0.2, 0.25) is 0 Å². The second kappa shape index (κ2) is 7.66. The van der Waals surface area contributed by atoms with Gasteiger partial charge in [-0.25, -0.2) is 15.0 Å². The number of hydrogen-bond acceptors (Lipinski definition) is 7. The van der Waals surface area contributed by atoms with E-state index in [0.29, 0.717) is 0 Å². The minimum atomic E-state index is 0.108. The van der Waals surface area contributed by atoms with Crippen molar-refractivity contribution in [1.82, 2.24) is 15.0 Å². The Balaban J connectivity index is 1.57. The van der Waals surface area contributed by atoms with E-state index in [4.69, 9.17) is 4.98 Å². The topological polar surface area (TPSA) is 74.2 Å². The number of aliphatic hydroxyl groups is 1. The summed E-state index contributed by atoms with van der Waals surface area (Å²) in [5, 5.41) is 16.2. The van der Waals surface area contributed by atoms with Gasteiger partial charge < -0.3 is 15.3 Å². The van der Waals surface area contributed by atoms with Gasteiger partial charge >= 0.3 is 0 Å². The molecule has 1 aliphatic heterocycles. The van der Waals surface area contributed by atoms with E-state index in [1.165, 1.54) is 5.01 Å². The van der Waals surface area contributed by atoms with Gasteiger partial charge in [-0.1, -0.05) is 20.8 Å². The summed E-state index contributed by atoms with van der Waals surface area (Å²) < 4.78 is 0. The molecule has 1 unspecified atom stereocenters. The molecule has 0 spiro atoms. The van der Waals surface area contributed by atoms with Gasteiger partial charge in [0.2, 0.25) is 0 Å². The van der Waals surface area contributed by atoms with Crippen molar-refractivity contribution in [3.05, 3.63) is 28.5 Å². The maximum Gasteiger partial charge on any atom is 0.134 e. The highest BCUT2D eigenvalue weighted by atomic mass is 32.1. The summed E-state index contributed by atoms with van der Waals surface area (Å²) in [5.41, 5.74) is 1.23. The monoisotopic (exact) mass is 361 g/mol. The van der Waals surface area contributed by atoms with Crippen molar-refractivity contribution in [3.8, 4) is 0 Å². The lowest BCUT2D eigenvalue weighted by molar-refractivity contribution is 0.266. The molecule has 0 amide bonds. The number of aliphatic hydroxyl groups excluding tert-OH is 1. The van der Waals surface area contributed by atoms with E-state index in [9.17, 15) is 5.11 Å². The van der Waals surface area contributed by atoms with Crippen LogP contribution in [0, 0.1) is 0 Å². The molecule has 3 rings (SSSR count). The van der Waals surface area contributed by atoms with Crippen LogP contribution in [-0.4, -0.2) is 45.8 Å². The van der Waals surface area contributed by atoms with Crippen LogP contribution in [0.5, 0.6) is 0 Å². The van der Waals surface area contributed by atoms with Crippen molar-refractivity contribution in [1.29, 1.82) is 0 Å². The van der Waals surface area contributed by atoms with E-state index >= 15 is 0 Å². The Hall–Kier alpha value is -1.73.